The van der Waals surface area contributed by atoms with Crippen LogP contribution in [0, 0.1) is 0 Å². The molecule has 0 aromatic rings. The number of hydrogen-bond donors (Lipinski definition) is 1. The van der Waals surface area contributed by atoms with Gasteiger partial charge in [-0.25, -0.2) is 0 Å². The lowest BCUT2D eigenvalue weighted by Gasteiger charge is -2.39. The van der Waals surface area contributed by atoms with Gasteiger partial charge in [0.15, 0.2) is 0 Å². The number of carbonyl (C=O) groups is 1. The Morgan fingerprint density at radius 3 is 2.82 bits per heavy atom. The third-order valence-corrected chi connectivity index (χ3v) is 2.08. The number of methoxy groups -OCH3 is 1. The summed E-state index contributed by atoms with van der Waals surface area (Å²) < 4.78 is 4.66. The molecule has 1 fully saturated rings. The van der Waals surface area contributed by atoms with Gasteiger partial charge >= 0.3 is 5.97 Å². The van der Waals surface area contributed by atoms with Gasteiger partial charge in [0.05, 0.1) is 7.11 Å². The van der Waals surface area contributed by atoms with E-state index in [0.717, 1.165) is 13.0 Å². The molecular formula is C8H13NO2. The van der Waals surface area contributed by atoms with Crippen LogP contribution in [0.5, 0.6) is 0 Å². The lowest BCUT2D eigenvalue weighted by molar-refractivity contribution is -0.151. The van der Waals surface area contributed by atoms with Crippen molar-refractivity contribution in [3.8, 4) is 0 Å². The fraction of sp³-hybridized carbons (Fsp3) is 0.625. The molecule has 1 saturated heterocycles. The van der Waals surface area contributed by atoms with Gasteiger partial charge in [0.2, 0.25) is 0 Å². The van der Waals surface area contributed by atoms with Crippen LogP contribution in [0.3, 0.4) is 0 Å². The fourth-order valence-corrected chi connectivity index (χ4v) is 1.30. The van der Waals surface area contributed by atoms with Gasteiger partial charge in [0, 0.05) is 0 Å². The number of nitrogens with one attached hydrogen (secondary N) is 1. The van der Waals surface area contributed by atoms with Crippen molar-refractivity contribution in [2.45, 2.75) is 18.4 Å². The molecule has 0 amide bonds. The van der Waals surface area contributed by atoms with Crippen LogP contribution < -0.4 is 5.32 Å². The van der Waals surface area contributed by atoms with Gasteiger partial charge in [-0.15, -0.1) is 6.58 Å². The molecular weight excluding hydrogens is 142 g/mol. The van der Waals surface area contributed by atoms with Crippen LogP contribution in [0.25, 0.3) is 0 Å². The quantitative estimate of drug-likeness (QED) is 0.475. The minimum absolute atomic E-state index is 0.177. The Morgan fingerprint density at radius 1 is 1.91 bits per heavy atom. The first-order valence-corrected chi connectivity index (χ1v) is 3.69. The first kappa shape index (κ1) is 8.27. The number of ether oxygens (including phenoxy) is 1. The average Bonchev–Trinajstić information content (AvgIpc) is 1.95. The second kappa shape index (κ2) is 3.05. The predicted octanol–water partition coefficient (Wildman–Crippen LogP) is 0.468. The number of carbonyl (C=O) groups excluding carboxylic acids is 1. The van der Waals surface area contributed by atoms with Crippen molar-refractivity contribution in [3.63, 3.8) is 0 Å². The molecule has 0 radical (unpaired) electrons. The smallest absolute Gasteiger partial charge is 0.326 e. The molecule has 1 aliphatic rings. The normalized spacial score (nSPS) is 28.8. The molecule has 0 aromatic carbocycles. The second-order valence-electron chi connectivity index (χ2n) is 2.74. The maximum absolute atomic E-state index is 11.2. The van der Waals surface area contributed by atoms with Crippen molar-refractivity contribution in [1.82, 2.24) is 5.32 Å². The van der Waals surface area contributed by atoms with Crippen LogP contribution in [-0.2, 0) is 9.53 Å². The highest BCUT2D eigenvalue weighted by Gasteiger charge is 2.43. The van der Waals surface area contributed by atoms with Crippen molar-refractivity contribution >= 4 is 5.97 Å². The summed E-state index contributed by atoms with van der Waals surface area (Å²) in [7, 11) is 1.41. The van der Waals surface area contributed by atoms with Crippen LogP contribution >= 0.6 is 0 Å². The summed E-state index contributed by atoms with van der Waals surface area (Å²) >= 11 is 0. The zero-order valence-corrected chi connectivity index (χ0v) is 6.72. The molecule has 1 aliphatic heterocycles. The van der Waals surface area contributed by atoms with Gasteiger partial charge in [-0.1, -0.05) is 6.08 Å². The minimum Gasteiger partial charge on any atom is -0.468 e. The van der Waals surface area contributed by atoms with E-state index < -0.39 is 5.54 Å². The summed E-state index contributed by atoms with van der Waals surface area (Å²) in [5.74, 6) is -0.177. The van der Waals surface area contributed by atoms with Gasteiger partial charge in [0.25, 0.3) is 0 Å². The summed E-state index contributed by atoms with van der Waals surface area (Å²) in [5.41, 5.74) is -0.448. The van der Waals surface area contributed by atoms with E-state index in [2.05, 4.69) is 16.6 Å². The molecule has 1 unspecified atom stereocenters. The van der Waals surface area contributed by atoms with E-state index in [0.29, 0.717) is 6.42 Å². The molecule has 0 saturated carbocycles. The molecule has 1 N–H and O–H groups in total. The maximum atomic E-state index is 11.2. The van der Waals surface area contributed by atoms with Gasteiger partial charge in [0.1, 0.15) is 5.54 Å². The van der Waals surface area contributed by atoms with Crippen LogP contribution in [0.15, 0.2) is 12.7 Å². The molecule has 1 heterocycles. The number of rotatable bonds is 3. The summed E-state index contributed by atoms with van der Waals surface area (Å²) in [6, 6.07) is 0. The fourth-order valence-electron chi connectivity index (χ4n) is 1.30. The van der Waals surface area contributed by atoms with Crippen molar-refractivity contribution in [2.75, 3.05) is 13.7 Å². The van der Waals surface area contributed by atoms with E-state index >= 15 is 0 Å². The van der Waals surface area contributed by atoms with Crippen molar-refractivity contribution in [2.24, 2.45) is 0 Å². The molecule has 3 heteroatoms. The SMILES string of the molecule is C=CCC1(C(=O)OC)CCN1. The monoisotopic (exact) mass is 155 g/mol. The highest BCUT2D eigenvalue weighted by Crippen LogP contribution is 2.24. The van der Waals surface area contributed by atoms with Gasteiger partial charge in [-0.2, -0.15) is 0 Å². The van der Waals surface area contributed by atoms with Gasteiger partial charge in [-0.3, -0.25) is 4.79 Å². The Labute approximate surface area is 66.4 Å². The van der Waals surface area contributed by atoms with E-state index in [1.807, 2.05) is 0 Å². The zero-order chi connectivity index (χ0) is 8.32. The maximum Gasteiger partial charge on any atom is 0.326 e. The van der Waals surface area contributed by atoms with Crippen molar-refractivity contribution < 1.29 is 9.53 Å². The van der Waals surface area contributed by atoms with Crippen molar-refractivity contribution in [3.05, 3.63) is 12.7 Å². The van der Waals surface area contributed by atoms with Gasteiger partial charge < -0.3 is 10.1 Å². The van der Waals surface area contributed by atoms with Crippen molar-refractivity contribution in [1.29, 1.82) is 0 Å². The highest BCUT2D eigenvalue weighted by molar-refractivity contribution is 5.82. The van der Waals surface area contributed by atoms with Crippen LogP contribution in [0.1, 0.15) is 12.8 Å². The number of hydrogen-bond acceptors (Lipinski definition) is 3. The second-order valence-corrected chi connectivity index (χ2v) is 2.74. The van der Waals surface area contributed by atoms with E-state index in [9.17, 15) is 4.79 Å². The Hall–Kier alpha value is -0.830. The highest BCUT2D eigenvalue weighted by atomic mass is 16.5. The van der Waals surface area contributed by atoms with E-state index in [1.165, 1.54) is 7.11 Å². The summed E-state index contributed by atoms with van der Waals surface area (Å²) in [4.78, 5) is 11.2. The molecule has 0 aliphatic carbocycles. The van der Waals surface area contributed by atoms with E-state index in [1.54, 1.807) is 6.08 Å². The first-order valence-electron chi connectivity index (χ1n) is 3.69. The molecule has 0 bridgehead atoms. The van der Waals surface area contributed by atoms with Crippen LogP contribution in [0.2, 0.25) is 0 Å². The zero-order valence-electron chi connectivity index (χ0n) is 6.72. The molecule has 0 spiro atoms. The number of esters is 1. The van der Waals surface area contributed by atoms with Crippen LogP contribution in [0.4, 0.5) is 0 Å². The van der Waals surface area contributed by atoms with Gasteiger partial charge in [-0.05, 0) is 19.4 Å². The topological polar surface area (TPSA) is 38.3 Å². The minimum atomic E-state index is -0.448. The Morgan fingerprint density at radius 2 is 2.55 bits per heavy atom. The Kier molecular flexibility index (Phi) is 2.29. The standard InChI is InChI=1S/C8H13NO2/c1-3-4-8(5-6-9-8)7(10)11-2/h3,9H,1,4-6H2,2H3. The first-order chi connectivity index (χ1) is 5.25. The summed E-state index contributed by atoms with van der Waals surface area (Å²) in [6.45, 7) is 4.49. The predicted molar refractivity (Wildman–Crippen MR) is 42.2 cm³/mol. The average molecular weight is 155 g/mol. The van der Waals surface area contributed by atoms with E-state index in [-0.39, 0.29) is 5.97 Å². The third-order valence-electron chi connectivity index (χ3n) is 2.08. The van der Waals surface area contributed by atoms with E-state index in [4.69, 9.17) is 0 Å². The summed E-state index contributed by atoms with van der Waals surface area (Å²) in [5, 5.41) is 3.06. The molecule has 1 atom stereocenters. The Balaban J connectivity index is 2.59. The molecule has 1 rings (SSSR count). The lowest BCUT2D eigenvalue weighted by Crippen LogP contribution is -2.62. The molecule has 11 heavy (non-hydrogen) atoms. The Bertz CT molecular complexity index is 173. The third kappa shape index (κ3) is 1.28. The molecule has 3 nitrogen and oxygen atoms in total. The van der Waals surface area contributed by atoms with Crippen LogP contribution in [-0.4, -0.2) is 25.2 Å². The largest absolute Gasteiger partial charge is 0.468 e. The molecule has 62 valence electrons. The molecule has 0 aromatic heterocycles. The lowest BCUT2D eigenvalue weighted by atomic mass is 9.85. The summed E-state index contributed by atoms with van der Waals surface area (Å²) in [6.07, 6.45) is 3.24.